The summed E-state index contributed by atoms with van der Waals surface area (Å²) in [5.41, 5.74) is 12.4. The molecule has 0 saturated heterocycles. The largest absolute Gasteiger partial charge is 0.324 e. The number of hydrogen-bond acceptors (Lipinski definition) is 3. The average Bonchev–Trinajstić information content (AvgIpc) is 2.29. The molecule has 0 rings (SSSR count). The molecule has 0 fully saturated rings. The zero-order chi connectivity index (χ0) is 12.7. The molecule has 3 nitrogen and oxygen atoms in total. The lowest BCUT2D eigenvalue weighted by Gasteiger charge is -2.32. The molecule has 0 heterocycles. The van der Waals surface area contributed by atoms with Crippen LogP contribution in [0, 0.1) is 0 Å². The van der Waals surface area contributed by atoms with Gasteiger partial charge in [-0.05, 0) is 25.7 Å². The molecule has 98 valence electrons. The van der Waals surface area contributed by atoms with Crippen LogP contribution in [0.2, 0.25) is 0 Å². The van der Waals surface area contributed by atoms with E-state index in [1.54, 1.807) is 0 Å². The Labute approximate surface area is 101 Å². The van der Waals surface area contributed by atoms with E-state index >= 15 is 0 Å². The normalized spacial score (nSPS) is 16.1. The molecule has 0 radical (unpaired) electrons. The highest BCUT2D eigenvalue weighted by Gasteiger charge is 2.24. The Bertz CT molecular complexity index is 178. The molecule has 0 amide bonds. The van der Waals surface area contributed by atoms with Crippen molar-refractivity contribution in [1.82, 2.24) is 5.32 Å². The van der Waals surface area contributed by atoms with Gasteiger partial charge in [-0.1, -0.05) is 34.1 Å². The van der Waals surface area contributed by atoms with Crippen molar-refractivity contribution in [1.29, 1.82) is 0 Å². The predicted octanol–water partition coefficient (Wildman–Crippen LogP) is 2.00. The van der Waals surface area contributed by atoms with Crippen LogP contribution in [0.5, 0.6) is 0 Å². The van der Waals surface area contributed by atoms with Gasteiger partial charge in [0.2, 0.25) is 0 Å². The molecule has 1 unspecified atom stereocenters. The van der Waals surface area contributed by atoms with E-state index < -0.39 is 0 Å². The molecule has 0 aromatic heterocycles. The quantitative estimate of drug-likeness (QED) is 0.566. The fourth-order valence-corrected chi connectivity index (χ4v) is 1.95. The first-order chi connectivity index (χ1) is 7.45. The molecule has 0 aromatic rings. The van der Waals surface area contributed by atoms with Crippen LogP contribution in [0.15, 0.2) is 0 Å². The van der Waals surface area contributed by atoms with Crippen molar-refractivity contribution in [2.45, 2.75) is 70.9 Å². The summed E-state index contributed by atoms with van der Waals surface area (Å²) >= 11 is 0. The lowest BCUT2D eigenvalue weighted by atomic mass is 9.90. The predicted molar refractivity (Wildman–Crippen MR) is 72.5 cm³/mol. The fourth-order valence-electron chi connectivity index (χ4n) is 1.95. The summed E-state index contributed by atoms with van der Waals surface area (Å²) in [5.74, 6) is 0. The molecule has 0 aliphatic carbocycles. The van der Waals surface area contributed by atoms with E-state index in [0.29, 0.717) is 0 Å². The molecule has 0 aliphatic rings. The van der Waals surface area contributed by atoms with Crippen molar-refractivity contribution in [3.8, 4) is 0 Å². The Balaban J connectivity index is 4.03. The summed E-state index contributed by atoms with van der Waals surface area (Å²) in [5, 5.41) is 3.45. The lowest BCUT2D eigenvalue weighted by molar-refractivity contribution is 0.313. The third-order valence-corrected chi connectivity index (χ3v) is 3.81. The van der Waals surface area contributed by atoms with Crippen LogP contribution in [0.25, 0.3) is 0 Å². The van der Waals surface area contributed by atoms with Crippen LogP contribution in [0.1, 0.15) is 59.8 Å². The smallest absolute Gasteiger partial charge is 0.0278 e. The van der Waals surface area contributed by atoms with Crippen LogP contribution in [-0.4, -0.2) is 24.2 Å². The second-order valence-electron chi connectivity index (χ2n) is 5.14. The van der Waals surface area contributed by atoms with Crippen molar-refractivity contribution >= 4 is 0 Å². The Morgan fingerprint density at radius 1 is 0.812 bits per heavy atom. The summed E-state index contributed by atoms with van der Waals surface area (Å²) in [6.45, 7) is 10.4. The number of hydrogen-bond donors (Lipinski definition) is 3. The van der Waals surface area contributed by atoms with E-state index in [9.17, 15) is 0 Å². The van der Waals surface area contributed by atoms with Gasteiger partial charge in [-0.15, -0.1) is 0 Å². The molecule has 0 aromatic carbocycles. The SMILES string of the molecule is CCCC(N)(CC)CNCC(N)(CC)CC. The van der Waals surface area contributed by atoms with Gasteiger partial charge in [0, 0.05) is 24.2 Å². The number of nitrogens with two attached hydrogens (primary N) is 2. The summed E-state index contributed by atoms with van der Waals surface area (Å²) in [7, 11) is 0. The van der Waals surface area contributed by atoms with E-state index in [4.69, 9.17) is 11.5 Å². The minimum Gasteiger partial charge on any atom is -0.324 e. The summed E-state index contributed by atoms with van der Waals surface area (Å²) in [4.78, 5) is 0. The zero-order valence-corrected chi connectivity index (χ0v) is 11.6. The van der Waals surface area contributed by atoms with E-state index in [-0.39, 0.29) is 11.1 Å². The highest BCUT2D eigenvalue weighted by molar-refractivity contribution is 4.88. The van der Waals surface area contributed by atoms with E-state index in [1.807, 2.05) is 0 Å². The summed E-state index contributed by atoms with van der Waals surface area (Å²) in [6.07, 6.45) is 5.25. The van der Waals surface area contributed by atoms with Gasteiger partial charge in [0.05, 0.1) is 0 Å². The molecule has 1 atom stereocenters. The summed E-state index contributed by atoms with van der Waals surface area (Å²) in [6, 6.07) is 0. The molecule has 0 bridgehead atoms. The molecule has 0 spiro atoms. The first-order valence-corrected chi connectivity index (χ1v) is 6.73. The Morgan fingerprint density at radius 3 is 1.62 bits per heavy atom. The highest BCUT2D eigenvalue weighted by atomic mass is 15.0. The van der Waals surface area contributed by atoms with E-state index in [1.165, 1.54) is 0 Å². The third-order valence-electron chi connectivity index (χ3n) is 3.81. The Kier molecular flexibility index (Phi) is 7.20. The second kappa shape index (κ2) is 7.25. The molecule has 5 N–H and O–H groups in total. The highest BCUT2D eigenvalue weighted by Crippen LogP contribution is 2.14. The van der Waals surface area contributed by atoms with Crippen LogP contribution in [-0.2, 0) is 0 Å². The van der Waals surface area contributed by atoms with Gasteiger partial charge in [0.15, 0.2) is 0 Å². The zero-order valence-electron chi connectivity index (χ0n) is 11.6. The van der Waals surface area contributed by atoms with Crippen LogP contribution in [0.4, 0.5) is 0 Å². The van der Waals surface area contributed by atoms with Gasteiger partial charge in [0.1, 0.15) is 0 Å². The Hall–Kier alpha value is -0.120. The number of rotatable bonds is 9. The fraction of sp³-hybridized carbons (Fsp3) is 1.00. The van der Waals surface area contributed by atoms with Crippen molar-refractivity contribution in [3.05, 3.63) is 0 Å². The molecule has 3 heteroatoms. The maximum Gasteiger partial charge on any atom is 0.0278 e. The molecular formula is C13H31N3. The van der Waals surface area contributed by atoms with Gasteiger partial charge < -0.3 is 16.8 Å². The minimum absolute atomic E-state index is 0.0584. The second-order valence-corrected chi connectivity index (χ2v) is 5.14. The van der Waals surface area contributed by atoms with Crippen molar-refractivity contribution in [2.75, 3.05) is 13.1 Å². The van der Waals surface area contributed by atoms with E-state index in [0.717, 1.165) is 45.2 Å². The van der Waals surface area contributed by atoms with Crippen molar-refractivity contribution < 1.29 is 0 Å². The molecule has 16 heavy (non-hydrogen) atoms. The van der Waals surface area contributed by atoms with Crippen LogP contribution >= 0.6 is 0 Å². The van der Waals surface area contributed by atoms with Gasteiger partial charge >= 0.3 is 0 Å². The molecule has 0 saturated carbocycles. The lowest BCUT2D eigenvalue weighted by Crippen LogP contribution is -2.54. The van der Waals surface area contributed by atoms with Gasteiger partial charge in [0.25, 0.3) is 0 Å². The maximum atomic E-state index is 6.32. The monoisotopic (exact) mass is 229 g/mol. The number of nitrogens with one attached hydrogen (secondary N) is 1. The van der Waals surface area contributed by atoms with Crippen LogP contribution < -0.4 is 16.8 Å². The van der Waals surface area contributed by atoms with Crippen molar-refractivity contribution in [2.24, 2.45) is 11.5 Å². The minimum atomic E-state index is -0.0686. The first kappa shape index (κ1) is 15.9. The first-order valence-electron chi connectivity index (χ1n) is 6.73. The Morgan fingerprint density at radius 2 is 1.25 bits per heavy atom. The molecule has 0 aliphatic heterocycles. The summed E-state index contributed by atoms with van der Waals surface area (Å²) < 4.78 is 0. The average molecular weight is 229 g/mol. The maximum absolute atomic E-state index is 6.32. The van der Waals surface area contributed by atoms with Gasteiger partial charge in [-0.3, -0.25) is 0 Å². The standard InChI is InChI=1S/C13H31N3/c1-5-9-13(15,8-4)11-16-10-12(14,6-2)7-3/h16H,5-11,14-15H2,1-4H3. The van der Waals surface area contributed by atoms with Crippen molar-refractivity contribution in [3.63, 3.8) is 0 Å². The van der Waals surface area contributed by atoms with Gasteiger partial charge in [-0.2, -0.15) is 0 Å². The third kappa shape index (κ3) is 5.28. The molecular weight excluding hydrogens is 198 g/mol. The van der Waals surface area contributed by atoms with Gasteiger partial charge in [-0.25, -0.2) is 0 Å². The topological polar surface area (TPSA) is 64.1 Å². The van der Waals surface area contributed by atoms with Crippen LogP contribution in [0.3, 0.4) is 0 Å². The van der Waals surface area contributed by atoms with E-state index in [2.05, 4.69) is 33.0 Å².